The van der Waals surface area contributed by atoms with Gasteiger partial charge in [0.15, 0.2) is 0 Å². The van der Waals surface area contributed by atoms with Crippen LogP contribution in [0.25, 0.3) is 11.0 Å². The monoisotopic (exact) mass is 264 g/mol. The molecule has 102 valence electrons. The van der Waals surface area contributed by atoms with E-state index >= 15 is 0 Å². The number of H-pyrrole nitrogens is 1. The van der Waals surface area contributed by atoms with Gasteiger partial charge in [-0.15, -0.1) is 0 Å². The van der Waals surface area contributed by atoms with Crippen molar-refractivity contribution in [1.82, 2.24) is 14.9 Å². The number of aromatic amines is 1. The van der Waals surface area contributed by atoms with Crippen molar-refractivity contribution in [3.63, 3.8) is 0 Å². The van der Waals surface area contributed by atoms with E-state index in [-0.39, 0.29) is 11.7 Å². The highest BCUT2D eigenvalue weighted by atomic mass is 16.3. The van der Waals surface area contributed by atoms with Crippen molar-refractivity contribution in [2.24, 2.45) is 0 Å². The standard InChI is InChI=1S/C14H19N3O2/c1-8(2)15-11-6-7-17-12-9(13(11)18)4-3-5-10(12)16-14(17)19/h3-5,8,11,13,15,18H,6-7H2,1-2H3,(H,16,19)/t11-,13-/m0/s1/i1+1,2+1,8+1. The van der Waals surface area contributed by atoms with Crippen molar-refractivity contribution < 1.29 is 5.11 Å². The highest BCUT2D eigenvalue weighted by Crippen LogP contribution is 2.29. The fraction of sp³-hybridized carbons (Fsp3) is 0.500. The molecule has 1 aromatic heterocycles. The Morgan fingerprint density at radius 1 is 1.47 bits per heavy atom. The summed E-state index contributed by atoms with van der Waals surface area (Å²) in [5.41, 5.74) is 2.37. The normalized spacial score (nSPS) is 22.9. The summed E-state index contributed by atoms with van der Waals surface area (Å²) in [5.74, 6) is 0. The lowest BCUT2D eigenvalue weighted by Gasteiger charge is -2.24. The minimum atomic E-state index is -0.588. The Hall–Kier alpha value is -1.59. The lowest BCUT2D eigenvalue weighted by molar-refractivity contribution is 0.121. The molecule has 3 N–H and O–H groups in total. The van der Waals surface area contributed by atoms with E-state index in [1.807, 2.05) is 18.2 Å². The first-order valence-electron chi connectivity index (χ1n) is 6.73. The number of hydrogen-bond acceptors (Lipinski definition) is 3. The van der Waals surface area contributed by atoms with E-state index in [4.69, 9.17) is 0 Å². The molecule has 0 unspecified atom stereocenters. The summed E-state index contributed by atoms with van der Waals surface area (Å²) < 4.78 is 1.73. The number of aliphatic hydroxyl groups excluding tert-OH is 1. The molecule has 0 saturated heterocycles. The number of nitrogens with zero attached hydrogens (tertiary/aromatic N) is 1. The molecule has 1 aliphatic rings. The Morgan fingerprint density at radius 2 is 2.26 bits per heavy atom. The third kappa shape index (κ3) is 1.99. The summed E-state index contributed by atoms with van der Waals surface area (Å²) in [6.07, 6.45) is 0.149. The molecule has 1 aromatic carbocycles. The minimum absolute atomic E-state index is 0.0232. The number of nitrogens with one attached hydrogen (secondary N) is 2. The second-order valence-electron chi connectivity index (χ2n) is 5.49. The zero-order chi connectivity index (χ0) is 13.6. The summed E-state index contributed by atoms with van der Waals surface area (Å²) in [4.78, 5) is 14.8. The van der Waals surface area contributed by atoms with Gasteiger partial charge >= 0.3 is 5.69 Å². The number of aryl methyl sites for hydroxylation is 1. The Balaban J connectivity index is 2.14. The molecule has 5 nitrogen and oxygen atoms in total. The van der Waals surface area contributed by atoms with E-state index < -0.39 is 6.10 Å². The SMILES string of the molecule is [13CH3][13CH]([13CH3])N[C@H]1CCn2c(=O)[nH]c3cccc(c32)[C@@H]1O. The van der Waals surface area contributed by atoms with Gasteiger partial charge in [0, 0.05) is 24.2 Å². The van der Waals surface area contributed by atoms with Crippen molar-refractivity contribution in [2.45, 2.75) is 45.0 Å². The van der Waals surface area contributed by atoms with Gasteiger partial charge in [-0.05, 0) is 12.5 Å². The van der Waals surface area contributed by atoms with Gasteiger partial charge in [-0.2, -0.15) is 0 Å². The first-order valence-corrected chi connectivity index (χ1v) is 6.73. The molecule has 5 heteroatoms. The Morgan fingerprint density at radius 3 is 3.00 bits per heavy atom. The van der Waals surface area contributed by atoms with Gasteiger partial charge in [-0.25, -0.2) is 4.79 Å². The zero-order valence-corrected chi connectivity index (χ0v) is 11.2. The molecule has 19 heavy (non-hydrogen) atoms. The van der Waals surface area contributed by atoms with Crippen LogP contribution in [0.3, 0.4) is 0 Å². The van der Waals surface area contributed by atoms with Gasteiger partial charge < -0.3 is 15.4 Å². The molecule has 2 aromatic rings. The third-order valence-electron chi connectivity index (χ3n) is 3.73. The predicted molar refractivity (Wildman–Crippen MR) is 74.2 cm³/mol. The molecule has 1 aliphatic heterocycles. The largest absolute Gasteiger partial charge is 0.387 e. The van der Waals surface area contributed by atoms with Crippen LogP contribution in [0.1, 0.15) is 31.9 Å². The van der Waals surface area contributed by atoms with Crippen molar-refractivity contribution in [2.75, 3.05) is 0 Å². The molecule has 2 heterocycles. The maximum atomic E-state index is 11.9. The average molecular weight is 264 g/mol. The minimum Gasteiger partial charge on any atom is -0.387 e. The van der Waals surface area contributed by atoms with Gasteiger partial charge in [0.1, 0.15) is 0 Å². The third-order valence-corrected chi connectivity index (χ3v) is 3.73. The Labute approximate surface area is 111 Å². The van der Waals surface area contributed by atoms with Crippen LogP contribution in [0.4, 0.5) is 0 Å². The van der Waals surface area contributed by atoms with E-state index in [0.717, 1.165) is 23.0 Å². The van der Waals surface area contributed by atoms with Gasteiger partial charge in [0.2, 0.25) is 0 Å². The summed E-state index contributed by atoms with van der Waals surface area (Å²) in [6, 6.07) is 5.93. The van der Waals surface area contributed by atoms with Crippen molar-refractivity contribution >= 4 is 11.0 Å². The molecule has 0 spiro atoms. The van der Waals surface area contributed by atoms with Crippen LogP contribution in [-0.4, -0.2) is 26.7 Å². The number of benzene rings is 1. The molecule has 0 radical (unpaired) electrons. The topological polar surface area (TPSA) is 70.0 Å². The molecule has 2 atom stereocenters. The highest BCUT2D eigenvalue weighted by molar-refractivity contribution is 5.79. The predicted octanol–water partition coefficient (Wildman–Crippen LogP) is 1.13. The fourth-order valence-electron chi connectivity index (χ4n) is 2.95. The second kappa shape index (κ2) is 4.51. The van der Waals surface area contributed by atoms with Crippen LogP contribution in [0.5, 0.6) is 0 Å². The Bertz CT molecular complexity index is 656. The van der Waals surface area contributed by atoms with Crippen LogP contribution in [0.15, 0.2) is 23.0 Å². The van der Waals surface area contributed by atoms with Crippen LogP contribution < -0.4 is 11.0 Å². The average Bonchev–Trinajstić information content (AvgIpc) is 2.61. The first-order chi connectivity index (χ1) is 9.08. The number of imidazole rings is 1. The zero-order valence-electron chi connectivity index (χ0n) is 11.2. The van der Waals surface area contributed by atoms with E-state index in [0.29, 0.717) is 12.6 Å². The summed E-state index contributed by atoms with van der Waals surface area (Å²) in [6.45, 7) is 4.74. The van der Waals surface area contributed by atoms with Crippen molar-refractivity contribution in [1.29, 1.82) is 0 Å². The number of hydrogen-bond donors (Lipinski definition) is 3. The van der Waals surface area contributed by atoms with Crippen LogP contribution >= 0.6 is 0 Å². The quantitative estimate of drug-likeness (QED) is 0.712. The van der Waals surface area contributed by atoms with Crippen molar-refractivity contribution in [3.8, 4) is 0 Å². The molecule has 3 rings (SSSR count). The van der Waals surface area contributed by atoms with Gasteiger partial charge in [0.25, 0.3) is 0 Å². The van der Waals surface area contributed by atoms with Crippen molar-refractivity contribution in [3.05, 3.63) is 34.2 Å². The number of para-hydroxylation sites is 1. The van der Waals surface area contributed by atoms with Crippen LogP contribution in [0, 0.1) is 0 Å². The first kappa shape index (κ1) is 12.4. The van der Waals surface area contributed by atoms with Crippen LogP contribution in [0.2, 0.25) is 0 Å². The van der Waals surface area contributed by atoms with Gasteiger partial charge in [-0.3, -0.25) is 4.57 Å². The lowest BCUT2D eigenvalue weighted by atomic mass is 10.0. The number of rotatable bonds is 2. The number of aromatic nitrogens is 2. The van der Waals surface area contributed by atoms with Crippen LogP contribution in [-0.2, 0) is 6.54 Å². The summed E-state index contributed by atoms with van der Waals surface area (Å²) in [7, 11) is 0. The highest BCUT2D eigenvalue weighted by Gasteiger charge is 2.28. The second-order valence-corrected chi connectivity index (χ2v) is 5.49. The van der Waals surface area contributed by atoms with E-state index in [1.165, 1.54) is 0 Å². The summed E-state index contributed by atoms with van der Waals surface area (Å²) >= 11 is 0. The molecule has 0 aliphatic carbocycles. The molecular weight excluding hydrogens is 245 g/mol. The smallest absolute Gasteiger partial charge is 0.326 e. The number of aliphatic hydroxyl groups is 1. The van der Waals surface area contributed by atoms with E-state index in [9.17, 15) is 9.90 Å². The molecule has 0 saturated carbocycles. The Kier molecular flexibility index (Phi) is 2.95. The van der Waals surface area contributed by atoms with E-state index in [1.54, 1.807) is 4.57 Å². The maximum Gasteiger partial charge on any atom is 0.326 e. The van der Waals surface area contributed by atoms with Gasteiger partial charge in [-0.1, -0.05) is 26.0 Å². The maximum absolute atomic E-state index is 11.9. The summed E-state index contributed by atoms with van der Waals surface area (Å²) in [5, 5.41) is 14.0. The van der Waals surface area contributed by atoms with Gasteiger partial charge in [0.05, 0.1) is 17.1 Å². The molecule has 0 fully saturated rings. The molecule has 0 bridgehead atoms. The lowest BCUT2D eigenvalue weighted by Crippen LogP contribution is -2.39. The molecule has 0 amide bonds. The molecular formula is C14H19N3O2. The van der Waals surface area contributed by atoms with E-state index in [2.05, 4.69) is 24.1 Å². The fourth-order valence-corrected chi connectivity index (χ4v) is 2.95.